The lowest BCUT2D eigenvalue weighted by Crippen LogP contribution is -2.34. The van der Waals surface area contributed by atoms with Crippen LogP contribution in [0.2, 0.25) is 0 Å². The number of pyridine rings is 1. The highest BCUT2D eigenvalue weighted by Crippen LogP contribution is 2.44. The summed E-state index contributed by atoms with van der Waals surface area (Å²) in [5, 5.41) is 4.99. The van der Waals surface area contributed by atoms with E-state index in [1.807, 2.05) is 38.2 Å². The van der Waals surface area contributed by atoms with Crippen molar-refractivity contribution in [3.8, 4) is 33.5 Å². The van der Waals surface area contributed by atoms with Gasteiger partial charge in [-0.3, -0.25) is 4.98 Å². The van der Waals surface area contributed by atoms with Gasteiger partial charge < -0.3 is 9.31 Å². The summed E-state index contributed by atoms with van der Waals surface area (Å²) in [4.78, 5) is 4.54. The smallest absolute Gasteiger partial charge is 0.402 e. The Bertz CT molecular complexity index is 1830. The first-order valence-electron chi connectivity index (χ1n) is 14.9. The molecule has 0 aliphatic carbocycles. The Balaban J connectivity index is 0.00000155. The first-order chi connectivity index (χ1) is 20.5. The molecule has 0 amide bonds. The topological polar surface area (TPSA) is 31.4 Å². The predicted octanol–water partition coefficient (Wildman–Crippen LogP) is 9.32. The van der Waals surface area contributed by atoms with E-state index in [0.717, 1.165) is 16.7 Å². The Hall–Kier alpha value is -4.25. The van der Waals surface area contributed by atoms with Crippen LogP contribution in [0.5, 0.6) is 0 Å². The van der Waals surface area contributed by atoms with Gasteiger partial charge in [-0.25, -0.2) is 0 Å². The van der Waals surface area contributed by atoms with Gasteiger partial charge in [-0.15, -0.1) is 0 Å². The molecule has 6 aromatic rings. The molecule has 1 aromatic heterocycles. The van der Waals surface area contributed by atoms with Crippen LogP contribution in [0.3, 0.4) is 0 Å². The number of hydrogen-bond donors (Lipinski definition) is 0. The van der Waals surface area contributed by atoms with Crippen LogP contribution in [-0.2, 0) is 9.31 Å². The number of nitrogens with zero attached hydrogens (tertiary/aromatic N) is 1. The third-order valence-corrected chi connectivity index (χ3v) is 8.26. The molecule has 0 spiro atoms. The summed E-state index contributed by atoms with van der Waals surface area (Å²) in [6.07, 6.45) is 1.87. The molecule has 1 unspecified atom stereocenters. The van der Waals surface area contributed by atoms with Crippen molar-refractivity contribution in [2.75, 3.05) is 0 Å². The quantitative estimate of drug-likeness (QED) is 0.162. The summed E-state index contributed by atoms with van der Waals surface area (Å²) >= 11 is 0. The van der Waals surface area contributed by atoms with Gasteiger partial charge in [0, 0.05) is 11.8 Å². The van der Waals surface area contributed by atoms with Gasteiger partial charge in [0.2, 0.25) is 0 Å². The fraction of sp³-hybridized carbons (Fsp3) is 0.184. The van der Waals surface area contributed by atoms with E-state index in [4.69, 9.17) is 9.31 Å². The Kier molecular flexibility index (Phi) is 7.68. The lowest BCUT2D eigenvalue weighted by Gasteiger charge is -2.21. The first kappa shape index (κ1) is 27.9. The maximum Gasteiger partial charge on any atom is 0.494 e. The average Bonchev–Trinajstić information content (AvgIpc) is 3.33. The molecule has 7 rings (SSSR count). The molecule has 1 atom stereocenters. The number of fused-ring (bicyclic) bond motifs is 3. The maximum absolute atomic E-state index is 6.23. The van der Waals surface area contributed by atoms with Crippen molar-refractivity contribution in [2.24, 2.45) is 0 Å². The van der Waals surface area contributed by atoms with Crippen LogP contribution in [0.4, 0.5) is 0 Å². The zero-order chi connectivity index (χ0) is 29.3. The summed E-state index contributed by atoms with van der Waals surface area (Å²) in [6, 6.07) is 41.0. The molecule has 0 bridgehead atoms. The number of aromatic nitrogens is 1. The van der Waals surface area contributed by atoms with E-state index < -0.39 is 0 Å². The molecule has 5 aromatic carbocycles. The number of benzene rings is 5. The van der Waals surface area contributed by atoms with Gasteiger partial charge in [-0.1, -0.05) is 117 Å². The van der Waals surface area contributed by atoms with Crippen molar-refractivity contribution in [1.82, 2.24) is 4.98 Å². The van der Waals surface area contributed by atoms with Crippen LogP contribution in [0, 0.1) is 0 Å². The molecule has 3 nitrogen and oxygen atoms in total. The third kappa shape index (κ3) is 5.02. The summed E-state index contributed by atoms with van der Waals surface area (Å²) < 4.78 is 12.4. The fourth-order valence-corrected chi connectivity index (χ4v) is 5.78. The second-order valence-electron chi connectivity index (χ2n) is 11.1. The van der Waals surface area contributed by atoms with Gasteiger partial charge >= 0.3 is 7.12 Å². The highest BCUT2D eigenvalue weighted by Gasteiger charge is 2.43. The normalized spacial score (nSPS) is 15.9. The summed E-state index contributed by atoms with van der Waals surface area (Å²) in [5.74, 6) is 0. The van der Waals surface area contributed by atoms with Gasteiger partial charge in [-0.2, -0.15) is 0 Å². The zero-order valence-electron chi connectivity index (χ0n) is 25.0. The maximum atomic E-state index is 6.23. The standard InChI is InChI=1S/C36H30BNO2.C2H6/c1-24-36(2,3)40-37(39-24)28-21-19-27(20-22-28)35-32-13-7-5-11-30(32)29-10-4-6-12-31(29)34(35)26-17-15-25(16-18-26)33-14-8-9-23-38-33;1-2/h4-24H,1-3H3;1-2H3. The average molecular weight is 550 g/mol. The zero-order valence-corrected chi connectivity index (χ0v) is 25.0. The number of rotatable bonds is 4. The highest BCUT2D eigenvalue weighted by atomic mass is 16.7. The van der Waals surface area contributed by atoms with E-state index in [-0.39, 0.29) is 18.8 Å². The summed E-state index contributed by atoms with van der Waals surface area (Å²) in [6.45, 7) is 10.2. The summed E-state index contributed by atoms with van der Waals surface area (Å²) in [5.41, 5.74) is 7.61. The molecule has 2 heterocycles. The molecular formula is C38H36BNO2. The van der Waals surface area contributed by atoms with E-state index in [2.05, 4.69) is 123 Å². The molecule has 1 fully saturated rings. The van der Waals surface area contributed by atoms with Crippen molar-refractivity contribution in [3.05, 3.63) is 121 Å². The summed E-state index contributed by atoms with van der Waals surface area (Å²) in [7, 11) is -0.356. The molecule has 0 radical (unpaired) electrons. The lowest BCUT2D eigenvalue weighted by atomic mass is 9.78. The van der Waals surface area contributed by atoms with Crippen molar-refractivity contribution in [3.63, 3.8) is 0 Å². The van der Waals surface area contributed by atoms with Crippen LogP contribution in [0.15, 0.2) is 121 Å². The minimum Gasteiger partial charge on any atom is -0.402 e. The molecule has 42 heavy (non-hydrogen) atoms. The predicted molar refractivity (Wildman–Crippen MR) is 178 cm³/mol. The minimum absolute atomic E-state index is 0.0299. The van der Waals surface area contributed by atoms with Gasteiger partial charge in [0.15, 0.2) is 0 Å². The molecule has 4 heteroatoms. The molecular weight excluding hydrogens is 513 g/mol. The Morgan fingerprint density at radius 1 is 0.595 bits per heavy atom. The number of hydrogen-bond acceptors (Lipinski definition) is 3. The SMILES string of the molecule is CC.CC1OB(c2ccc(-c3c(-c4ccc(-c5ccccn5)cc4)c4ccccc4c4ccccc34)cc2)OC1(C)C. The van der Waals surface area contributed by atoms with Crippen molar-refractivity contribution in [1.29, 1.82) is 0 Å². The van der Waals surface area contributed by atoms with Gasteiger partial charge in [0.25, 0.3) is 0 Å². The van der Waals surface area contributed by atoms with Crippen LogP contribution < -0.4 is 5.46 Å². The second kappa shape index (κ2) is 11.6. The molecule has 1 aliphatic rings. The first-order valence-corrected chi connectivity index (χ1v) is 14.9. The van der Waals surface area contributed by atoms with Crippen LogP contribution in [0.1, 0.15) is 34.6 Å². The van der Waals surface area contributed by atoms with Crippen LogP contribution >= 0.6 is 0 Å². The largest absolute Gasteiger partial charge is 0.494 e. The monoisotopic (exact) mass is 549 g/mol. The van der Waals surface area contributed by atoms with Crippen LogP contribution in [0.25, 0.3) is 55.1 Å². The Morgan fingerprint density at radius 3 is 1.55 bits per heavy atom. The fourth-order valence-electron chi connectivity index (χ4n) is 5.78. The molecule has 0 N–H and O–H groups in total. The third-order valence-electron chi connectivity index (χ3n) is 8.26. The molecule has 208 valence electrons. The van der Waals surface area contributed by atoms with Crippen LogP contribution in [-0.4, -0.2) is 23.8 Å². The molecule has 0 saturated carbocycles. The van der Waals surface area contributed by atoms with Gasteiger partial charge in [-0.05, 0) is 82.2 Å². The molecule has 1 aliphatic heterocycles. The Morgan fingerprint density at radius 2 is 1.07 bits per heavy atom. The minimum atomic E-state index is -0.356. The van der Waals surface area contributed by atoms with Crippen molar-refractivity contribution >= 4 is 34.1 Å². The van der Waals surface area contributed by atoms with E-state index in [1.165, 1.54) is 43.8 Å². The Labute approximate surface area is 249 Å². The molecule has 1 saturated heterocycles. The highest BCUT2D eigenvalue weighted by molar-refractivity contribution is 6.62. The van der Waals surface area contributed by atoms with Gasteiger partial charge in [0.05, 0.1) is 17.4 Å². The van der Waals surface area contributed by atoms with Gasteiger partial charge in [0.1, 0.15) is 0 Å². The van der Waals surface area contributed by atoms with E-state index in [9.17, 15) is 0 Å². The van der Waals surface area contributed by atoms with E-state index in [0.29, 0.717) is 0 Å². The van der Waals surface area contributed by atoms with E-state index >= 15 is 0 Å². The van der Waals surface area contributed by atoms with Crippen molar-refractivity contribution < 1.29 is 9.31 Å². The van der Waals surface area contributed by atoms with E-state index in [1.54, 1.807) is 0 Å². The lowest BCUT2D eigenvalue weighted by molar-refractivity contribution is 0.0842. The van der Waals surface area contributed by atoms with Crippen molar-refractivity contribution in [2.45, 2.75) is 46.3 Å². The second-order valence-corrected chi connectivity index (χ2v) is 11.1.